The third-order valence-corrected chi connectivity index (χ3v) is 2.61. The van der Waals surface area contributed by atoms with Crippen molar-refractivity contribution in [3.05, 3.63) is 35.2 Å². The van der Waals surface area contributed by atoms with Crippen LogP contribution in [0.4, 0.5) is 13.9 Å². The molecule has 0 unspecified atom stereocenters. The van der Waals surface area contributed by atoms with Crippen LogP contribution in [0.2, 0.25) is 0 Å². The highest BCUT2D eigenvalue weighted by Gasteiger charge is 2.09. The molecule has 0 aliphatic rings. The van der Waals surface area contributed by atoms with Gasteiger partial charge in [0.25, 0.3) is 0 Å². The molecule has 0 aliphatic heterocycles. The number of nitrogens with one attached hydrogen (secondary N) is 1. The van der Waals surface area contributed by atoms with Crippen molar-refractivity contribution in [2.75, 3.05) is 5.43 Å². The van der Waals surface area contributed by atoms with Crippen molar-refractivity contribution in [2.24, 2.45) is 5.84 Å². The lowest BCUT2D eigenvalue weighted by Crippen LogP contribution is -2.05. The molecule has 1 aromatic carbocycles. The lowest BCUT2D eigenvalue weighted by Gasteiger charge is -1.98. The van der Waals surface area contributed by atoms with Crippen LogP contribution in [0.1, 0.15) is 0 Å². The van der Waals surface area contributed by atoms with E-state index in [0.717, 1.165) is 18.2 Å². The van der Waals surface area contributed by atoms with Gasteiger partial charge in [-0.25, -0.2) is 19.6 Å². The Morgan fingerprint density at radius 2 is 2.13 bits per heavy atom. The lowest BCUT2D eigenvalue weighted by atomic mass is 10.1. The first-order chi connectivity index (χ1) is 7.20. The van der Waals surface area contributed by atoms with Gasteiger partial charge in [-0.05, 0) is 18.2 Å². The van der Waals surface area contributed by atoms with Crippen molar-refractivity contribution in [1.29, 1.82) is 0 Å². The van der Waals surface area contributed by atoms with Crippen LogP contribution in [0.25, 0.3) is 11.3 Å². The van der Waals surface area contributed by atoms with E-state index >= 15 is 0 Å². The molecule has 0 bridgehead atoms. The summed E-state index contributed by atoms with van der Waals surface area (Å²) < 4.78 is 26.2. The summed E-state index contributed by atoms with van der Waals surface area (Å²) in [5, 5.41) is 2.06. The molecule has 2 rings (SSSR count). The number of hydrogen-bond acceptors (Lipinski definition) is 4. The summed E-state index contributed by atoms with van der Waals surface area (Å²) in [6.07, 6.45) is 0. The lowest BCUT2D eigenvalue weighted by molar-refractivity contribution is 0.603. The van der Waals surface area contributed by atoms with Crippen LogP contribution in [-0.2, 0) is 0 Å². The highest BCUT2D eigenvalue weighted by molar-refractivity contribution is 7.14. The maximum Gasteiger partial charge on any atom is 0.197 e. The molecule has 0 radical (unpaired) electrons. The predicted molar refractivity (Wildman–Crippen MR) is 55.3 cm³/mol. The Hall–Kier alpha value is -1.53. The number of anilines is 1. The second-order valence-corrected chi connectivity index (χ2v) is 3.66. The van der Waals surface area contributed by atoms with E-state index in [9.17, 15) is 8.78 Å². The summed E-state index contributed by atoms with van der Waals surface area (Å²) >= 11 is 1.22. The van der Waals surface area contributed by atoms with E-state index in [1.54, 1.807) is 5.38 Å². The zero-order valence-corrected chi connectivity index (χ0v) is 8.31. The molecule has 0 saturated carbocycles. The van der Waals surface area contributed by atoms with E-state index in [-0.39, 0.29) is 5.56 Å². The van der Waals surface area contributed by atoms with Crippen molar-refractivity contribution in [1.82, 2.24) is 4.98 Å². The SMILES string of the molecule is NNc1nc(-c2cc(F)ccc2F)cs1. The monoisotopic (exact) mass is 227 g/mol. The molecule has 78 valence electrons. The first-order valence-corrected chi connectivity index (χ1v) is 4.96. The number of benzene rings is 1. The van der Waals surface area contributed by atoms with Gasteiger partial charge >= 0.3 is 0 Å². The molecule has 0 amide bonds. The number of nitrogen functional groups attached to an aromatic ring is 1. The van der Waals surface area contributed by atoms with Crippen LogP contribution < -0.4 is 11.3 Å². The van der Waals surface area contributed by atoms with Crippen LogP contribution in [0.5, 0.6) is 0 Å². The molecule has 2 aromatic rings. The molecular weight excluding hydrogens is 220 g/mol. The first-order valence-electron chi connectivity index (χ1n) is 4.08. The maximum atomic E-state index is 13.3. The average Bonchev–Trinajstić information content (AvgIpc) is 2.70. The fourth-order valence-corrected chi connectivity index (χ4v) is 1.78. The van der Waals surface area contributed by atoms with Gasteiger partial charge in [-0.15, -0.1) is 11.3 Å². The molecule has 1 aromatic heterocycles. The van der Waals surface area contributed by atoms with Crippen LogP contribution in [-0.4, -0.2) is 4.98 Å². The van der Waals surface area contributed by atoms with Gasteiger partial charge in [-0.1, -0.05) is 0 Å². The molecule has 3 N–H and O–H groups in total. The Bertz CT molecular complexity index is 484. The van der Waals surface area contributed by atoms with E-state index in [2.05, 4.69) is 10.4 Å². The smallest absolute Gasteiger partial charge is 0.197 e. The molecule has 1 heterocycles. The Kier molecular flexibility index (Phi) is 2.61. The van der Waals surface area contributed by atoms with Crippen LogP contribution in [0.3, 0.4) is 0 Å². The third kappa shape index (κ3) is 1.95. The van der Waals surface area contributed by atoms with E-state index < -0.39 is 11.6 Å². The van der Waals surface area contributed by atoms with Gasteiger partial charge in [-0.3, -0.25) is 5.43 Å². The predicted octanol–water partition coefficient (Wildman–Crippen LogP) is 2.37. The molecule has 6 heteroatoms. The fraction of sp³-hybridized carbons (Fsp3) is 0. The van der Waals surface area contributed by atoms with Gasteiger partial charge in [0.05, 0.1) is 5.69 Å². The minimum Gasteiger partial charge on any atom is -0.300 e. The number of hydrogen-bond donors (Lipinski definition) is 2. The van der Waals surface area contributed by atoms with E-state index in [1.807, 2.05) is 0 Å². The first kappa shape index (κ1) is 10.0. The maximum absolute atomic E-state index is 13.3. The average molecular weight is 227 g/mol. The summed E-state index contributed by atoms with van der Waals surface area (Å²) in [6, 6.07) is 3.23. The summed E-state index contributed by atoms with van der Waals surface area (Å²) in [5.41, 5.74) is 2.84. The normalized spacial score (nSPS) is 10.3. The molecule has 0 saturated heterocycles. The molecule has 0 spiro atoms. The summed E-state index contributed by atoms with van der Waals surface area (Å²) in [4.78, 5) is 3.98. The van der Waals surface area contributed by atoms with Crippen LogP contribution in [0.15, 0.2) is 23.6 Å². The van der Waals surface area contributed by atoms with E-state index in [1.165, 1.54) is 11.3 Å². The topological polar surface area (TPSA) is 50.9 Å². The summed E-state index contributed by atoms with van der Waals surface area (Å²) in [6.45, 7) is 0. The second-order valence-electron chi connectivity index (χ2n) is 2.81. The van der Waals surface area contributed by atoms with Gasteiger partial charge in [0, 0.05) is 10.9 Å². The standard InChI is InChI=1S/C9H7F2N3S/c10-5-1-2-7(11)6(3-5)8-4-15-9(13-8)14-12/h1-4H,12H2,(H,13,14). The Morgan fingerprint density at radius 1 is 1.33 bits per heavy atom. The fourth-order valence-electron chi connectivity index (χ4n) is 1.16. The molecule has 0 aliphatic carbocycles. The van der Waals surface area contributed by atoms with Crippen LogP contribution in [0, 0.1) is 11.6 Å². The quantitative estimate of drug-likeness (QED) is 0.611. The molecule has 0 fully saturated rings. The number of nitrogens with two attached hydrogens (primary N) is 1. The van der Waals surface area contributed by atoms with E-state index in [4.69, 9.17) is 5.84 Å². The van der Waals surface area contributed by atoms with Gasteiger partial charge in [0.15, 0.2) is 5.13 Å². The number of rotatable bonds is 2. The Morgan fingerprint density at radius 3 is 2.80 bits per heavy atom. The van der Waals surface area contributed by atoms with Gasteiger partial charge < -0.3 is 0 Å². The summed E-state index contributed by atoms with van der Waals surface area (Å²) in [5.74, 6) is 4.13. The van der Waals surface area contributed by atoms with Crippen LogP contribution >= 0.6 is 11.3 Å². The number of hydrazine groups is 1. The highest BCUT2D eigenvalue weighted by Crippen LogP contribution is 2.26. The van der Waals surface area contributed by atoms with Crippen molar-refractivity contribution < 1.29 is 8.78 Å². The minimum atomic E-state index is -0.509. The zero-order chi connectivity index (χ0) is 10.8. The van der Waals surface area contributed by atoms with Crippen molar-refractivity contribution >= 4 is 16.5 Å². The van der Waals surface area contributed by atoms with Crippen molar-refractivity contribution in [2.45, 2.75) is 0 Å². The second kappa shape index (κ2) is 3.92. The minimum absolute atomic E-state index is 0.132. The Labute approximate surface area is 88.5 Å². The van der Waals surface area contributed by atoms with Gasteiger partial charge in [0.1, 0.15) is 11.6 Å². The van der Waals surface area contributed by atoms with Gasteiger partial charge in [0.2, 0.25) is 0 Å². The van der Waals surface area contributed by atoms with Crippen molar-refractivity contribution in [3.63, 3.8) is 0 Å². The zero-order valence-electron chi connectivity index (χ0n) is 7.50. The number of aromatic nitrogens is 1. The molecule has 0 atom stereocenters. The molecule has 15 heavy (non-hydrogen) atoms. The van der Waals surface area contributed by atoms with Crippen molar-refractivity contribution in [3.8, 4) is 11.3 Å². The number of halogens is 2. The Balaban J connectivity index is 2.48. The molecule has 3 nitrogen and oxygen atoms in total. The van der Waals surface area contributed by atoms with Gasteiger partial charge in [-0.2, -0.15) is 0 Å². The van der Waals surface area contributed by atoms with E-state index in [0.29, 0.717) is 10.8 Å². The third-order valence-electron chi connectivity index (χ3n) is 1.83. The largest absolute Gasteiger partial charge is 0.300 e. The summed E-state index contributed by atoms with van der Waals surface area (Å²) in [7, 11) is 0. The number of nitrogens with zero attached hydrogens (tertiary/aromatic N) is 1. The highest BCUT2D eigenvalue weighted by atomic mass is 32.1. The number of thiazole rings is 1. The molecular formula is C9H7F2N3S.